The molecule has 0 aliphatic rings. The van der Waals surface area contributed by atoms with Crippen LogP contribution in [0.1, 0.15) is 0 Å². The van der Waals surface area contributed by atoms with E-state index >= 15 is 0 Å². The van der Waals surface area contributed by atoms with Crippen LogP contribution in [-0.4, -0.2) is 4.98 Å². The third kappa shape index (κ3) is 3.44. The van der Waals surface area contributed by atoms with E-state index in [1.807, 2.05) is 12.1 Å². The fourth-order valence-corrected chi connectivity index (χ4v) is 5.82. The Morgan fingerprint density at radius 3 is 1.58 bits per heavy atom. The quantitative estimate of drug-likeness (QED) is 0.170. The van der Waals surface area contributed by atoms with Gasteiger partial charge in [0.15, 0.2) is 0 Å². The molecule has 0 amide bonds. The molecular weight excluding hydrogens is 481 g/mol. The van der Waals surface area contributed by atoms with Gasteiger partial charge in [-0.05, 0) is 51.7 Å². The van der Waals surface area contributed by atoms with Gasteiger partial charge in [-0.25, -0.2) is 4.98 Å². The van der Waals surface area contributed by atoms with E-state index in [4.69, 9.17) is 28.2 Å². The van der Waals surface area contributed by atoms with Crippen molar-refractivity contribution in [3.8, 4) is 22.3 Å². The summed E-state index contributed by atoms with van der Waals surface area (Å²) in [6.45, 7) is 0. The molecule has 0 spiro atoms. The first-order valence-electron chi connectivity index (χ1n) is 11.9. The third-order valence-corrected chi connectivity index (χ3v) is 7.35. The number of halogens is 2. The molecule has 170 valence electrons. The summed E-state index contributed by atoms with van der Waals surface area (Å²) in [6, 6.07) is 40.0. The van der Waals surface area contributed by atoms with Gasteiger partial charge in [0.25, 0.3) is 0 Å². The highest BCUT2D eigenvalue weighted by molar-refractivity contribution is 6.35. The first-order valence-corrected chi connectivity index (χ1v) is 12.6. The molecule has 0 atom stereocenters. The monoisotopic (exact) mass is 499 g/mol. The van der Waals surface area contributed by atoms with Gasteiger partial charge >= 0.3 is 0 Å². The number of benzene rings is 6. The minimum atomic E-state index is 0.626. The van der Waals surface area contributed by atoms with Gasteiger partial charge in [0.05, 0.1) is 11.0 Å². The summed E-state index contributed by atoms with van der Waals surface area (Å²) in [4.78, 5) is 5.29. The van der Waals surface area contributed by atoms with Gasteiger partial charge in [0.2, 0.25) is 0 Å². The van der Waals surface area contributed by atoms with Gasteiger partial charge in [0.1, 0.15) is 0 Å². The molecule has 0 radical (unpaired) electrons. The van der Waals surface area contributed by atoms with Crippen molar-refractivity contribution in [1.82, 2.24) is 4.98 Å². The Morgan fingerprint density at radius 1 is 0.417 bits per heavy atom. The summed E-state index contributed by atoms with van der Waals surface area (Å²) >= 11 is 12.7. The van der Waals surface area contributed by atoms with E-state index in [0.717, 1.165) is 49.3 Å². The van der Waals surface area contributed by atoms with E-state index in [0.29, 0.717) is 10.0 Å². The Morgan fingerprint density at radius 2 is 0.972 bits per heavy atom. The van der Waals surface area contributed by atoms with Crippen molar-refractivity contribution in [1.29, 1.82) is 0 Å². The second kappa shape index (κ2) is 8.34. The van der Waals surface area contributed by atoms with Crippen LogP contribution in [0.25, 0.3) is 65.6 Å². The molecule has 3 heteroatoms. The summed E-state index contributed by atoms with van der Waals surface area (Å²) in [5, 5.41) is 8.21. The van der Waals surface area contributed by atoms with E-state index in [2.05, 4.69) is 97.1 Å². The highest BCUT2D eigenvalue weighted by atomic mass is 35.5. The lowest BCUT2D eigenvalue weighted by molar-refractivity contribution is 1.53. The Balaban J connectivity index is 1.62. The maximum absolute atomic E-state index is 6.33. The Kier molecular flexibility index (Phi) is 4.95. The molecular formula is C33H19Cl2N. The zero-order valence-corrected chi connectivity index (χ0v) is 20.7. The lowest BCUT2D eigenvalue weighted by atomic mass is 9.91. The molecule has 0 bridgehead atoms. The molecule has 7 rings (SSSR count). The van der Waals surface area contributed by atoms with Crippen LogP contribution in [0.2, 0.25) is 10.0 Å². The molecule has 0 saturated carbocycles. The molecule has 6 aromatic carbocycles. The van der Waals surface area contributed by atoms with Crippen LogP contribution >= 0.6 is 23.2 Å². The highest BCUT2D eigenvalue weighted by Gasteiger charge is 2.16. The third-order valence-electron chi connectivity index (χ3n) is 6.91. The number of hydrogen-bond donors (Lipinski definition) is 0. The van der Waals surface area contributed by atoms with Crippen LogP contribution in [-0.2, 0) is 0 Å². The van der Waals surface area contributed by atoms with Crippen LogP contribution in [0.4, 0.5) is 0 Å². The average Bonchev–Trinajstić information content (AvgIpc) is 2.91. The topological polar surface area (TPSA) is 12.9 Å². The summed E-state index contributed by atoms with van der Waals surface area (Å²) in [5.41, 5.74) is 6.41. The van der Waals surface area contributed by atoms with E-state index in [9.17, 15) is 0 Å². The van der Waals surface area contributed by atoms with Crippen LogP contribution in [0, 0.1) is 0 Å². The van der Waals surface area contributed by atoms with Crippen molar-refractivity contribution < 1.29 is 0 Å². The summed E-state index contributed by atoms with van der Waals surface area (Å²) in [5.74, 6) is 0. The van der Waals surface area contributed by atoms with Gasteiger partial charge in [-0.15, -0.1) is 0 Å². The largest absolute Gasteiger partial charge is 0.246 e. The van der Waals surface area contributed by atoms with Crippen molar-refractivity contribution >= 4 is 66.6 Å². The van der Waals surface area contributed by atoms with E-state index in [1.165, 1.54) is 16.3 Å². The van der Waals surface area contributed by atoms with Crippen molar-refractivity contribution in [2.75, 3.05) is 0 Å². The SMILES string of the molecule is Clc1cc(Cl)cc(-c2cccc(-c3c4ccc5ccccc5c4nc4c3ccc3ccccc34)c2)c1. The van der Waals surface area contributed by atoms with E-state index < -0.39 is 0 Å². The molecule has 0 unspecified atom stereocenters. The predicted octanol–water partition coefficient (Wildman–Crippen LogP) is 10.3. The smallest absolute Gasteiger partial charge is 0.0794 e. The lowest BCUT2D eigenvalue weighted by Crippen LogP contribution is -1.92. The zero-order chi connectivity index (χ0) is 24.2. The van der Waals surface area contributed by atoms with E-state index in [1.54, 1.807) is 6.07 Å². The number of rotatable bonds is 2. The van der Waals surface area contributed by atoms with Crippen LogP contribution < -0.4 is 0 Å². The van der Waals surface area contributed by atoms with Gasteiger partial charge in [-0.1, -0.05) is 114 Å². The molecule has 1 aromatic heterocycles. The maximum Gasteiger partial charge on any atom is 0.0794 e. The lowest BCUT2D eigenvalue weighted by Gasteiger charge is -2.15. The predicted molar refractivity (Wildman–Crippen MR) is 155 cm³/mol. The van der Waals surface area contributed by atoms with Crippen LogP contribution in [0.15, 0.2) is 115 Å². The Labute approximate surface area is 218 Å². The van der Waals surface area contributed by atoms with Gasteiger partial charge in [-0.3, -0.25) is 0 Å². The first kappa shape index (κ1) is 21.4. The molecule has 1 heterocycles. The second-order valence-electron chi connectivity index (χ2n) is 9.09. The second-order valence-corrected chi connectivity index (χ2v) is 9.96. The molecule has 0 aliphatic carbocycles. The minimum Gasteiger partial charge on any atom is -0.246 e. The Hall–Kier alpha value is -3.91. The highest BCUT2D eigenvalue weighted by Crippen LogP contribution is 2.41. The molecule has 0 fully saturated rings. The molecule has 0 saturated heterocycles. The summed E-state index contributed by atoms with van der Waals surface area (Å²) < 4.78 is 0. The molecule has 1 nitrogen and oxygen atoms in total. The fraction of sp³-hybridized carbons (Fsp3) is 0. The number of fused-ring (bicyclic) bond motifs is 6. The van der Waals surface area contributed by atoms with Gasteiger partial charge in [0, 0.05) is 37.2 Å². The first-order chi connectivity index (χ1) is 17.7. The number of nitrogens with zero attached hydrogens (tertiary/aromatic N) is 1. The molecule has 0 aliphatic heterocycles. The number of pyridine rings is 1. The van der Waals surface area contributed by atoms with Crippen molar-refractivity contribution in [3.05, 3.63) is 125 Å². The van der Waals surface area contributed by atoms with Gasteiger partial charge in [-0.2, -0.15) is 0 Å². The molecule has 0 N–H and O–H groups in total. The summed E-state index contributed by atoms with van der Waals surface area (Å²) in [6.07, 6.45) is 0. The van der Waals surface area contributed by atoms with E-state index in [-0.39, 0.29) is 0 Å². The normalized spacial score (nSPS) is 11.6. The number of aromatic nitrogens is 1. The maximum atomic E-state index is 6.33. The minimum absolute atomic E-state index is 0.626. The standard InChI is InChI=1S/C33H19Cl2N/c34-25-17-24(18-26(35)19-25)22-8-5-9-23(16-22)31-29-14-12-20-6-1-3-10-27(20)32(29)36-33-28-11-4-2-7-21(28)13-15-30(31)33/h1-19H. The molecule has 7 aromatic rings. The average molecular weight is 500 g/mol. The number of hydrogen-bond acceptors (Lipinski definition) is 1. The van der Waals surface area contributed by atoms with Crippen LogP contribution in [0.5, 0.6) is 0 Å². The zero-order valence-electron chi connectivity index (χ0n) is 19.2. The summed E-state index contributed by atoms with van der Waals surface area (Å²) in [7, 11) is 0. The Bertz CT molecular complexity index is 1860. The van der Waals surface area contributed by atoms with Crippen molar-refractivity contribution in [2.24, 2.45) is 0 Å². The van der Waals surface area contributed by atoms with Crippen molar-refractivity contribution in [3.63, 3.8) is 0 Å². The van der Waals surface area contributed by atoms with Crippen molar-refractivity contribution in [2.45, 2.75) is 0 Å². The molecule has 36 heavy (non-hydrogen) atoms. The van der Waals surface area contributed by atoms with Crippen LogP contribution in [0.3, 0.4) is 0 Å². The fourth-order valence-electron chi connectivity index (χ4n) is 5.30. The van der Waals surface area contributed by atoms with Gasteiger partial charge < -0.3 is 0 Å².